The Hall–Kier alpha value is -1.11. The molecule has 1 aliphatic heterocycles. The molecule has 0 spiro atoms. The number of hydrogen-bond donors (Lipinski definition) is 2. The minimum atomic E-state index is -0.410. The lowest BCUT2D eigenvalue weighted by molar-refractivity contribution is -0.0818. The van der Waals surface area contributed by atoms with Crippen molar-refractivity contribution >= 4 is 17.3 Å². The van der Waals surface area contributed by atoms with Gasteiger partial charge in [0.25, 0.3) is 5.56 Å². The van der Waals surface area contributed by atoms with Gasteiger partial charge < -0.3 is 14.8 Å². The summed E-state index contributed by atoms with van der Waals surface area (Å²) in [5.41, 5.74) is 0.0899. The number of anilines is 1. The van der Waals surface area contributed by atoms with Crippen LogP contribution in [0.1, 0.15) is 0 Å². The number of H-pyrrole nitrogens is 1. The molecule has 1 aromatic heterocycles. The third-order valence-corrected chi connectivity index (χ3v) is 2.58. The van der Waals surface area contributed by atoms with Crippen LogP contribution in [0.2, 0.25) is 5.02 Å². The second-order valence-corrected chi connectivity index (χ2v) is 3.75. The number of nitrogens with zero attached hydrogens (tertiary/aromatic N) is 1. The van der Waals surface area contributed by atoms with E-state index in [1.807, 2.05) is 0 Å². The average Bonchev–Trinajstić information content (AvgIpc) is 2.32. The standard InChI is InChI=1S/C9H12ClN3O3/c10-8-7(4-12-13-9(8)14)11-3-6-5-15-1-2-16-6/h4,6H,1-3,5H2,(H2,11,13,14). The van der Waals surface area contributed by atoms with E-state index in [1.54, 1.807) is 0 Å². The van der Waals surface area contributed by atoms with Crippen molar-refractivity contribution in [3.63, 3.8) is 0 Å². The van der Waals surface area contributed by atoms with Gasteiger partial charge in [0.2, 0.25) is 0 Å². The summed E-state index contributed by atoms with van der Waals surface area (Å²) in [6.45, 7) is 2.30. The zero-order chi connectivity index (χ0) is 11.4. The van der Waals surface area contributed by atoms with Crippen molar-refractivity contribution in [1.82, 2.24) is 10.2 Å². The van der Waals surface area contributed by atoms with E-state index in [2.05, 4.69) is 15.5 Å². The molecule has 1 aliphatic rings. The summed E-state index contributed by atoms with van der Waals surface area (Å²) in [4.78, 5) is 11.1. The van der Waals surface area contributed by atoms with E-state index in [-0.39, 0.29) is 11.1 Å². The molecule has 0 bridgehead atoms. The molecule has 6 nitrogen and oxygen atoms in total. The fraction of sp³-hybridized carbons (Fsp3) is 0.556. The molecule has 1 saturated heterocycles. The number of aromatic amines is 1. The second kappa shape index (κ2) is 5.29. The normalized spacial score (nSPS) is 20.7. The van der Waals surface area contributed by atoms with Crippen LogP contribution in [0.4, 0.5) is 5.69 Å². The molecule has 16 heavy (non-hydrogen) atoms. The number of nitrogens with one attached hydrogen (secondary N) is 2. The molecule has 7 heteroatoms. The molecule has 1 fully saturated rings. The third-order valence-electron chi connectivity index (χ3n) is 2.20. The lowest BCUT2D eigenvalue weighted by atomic mass is 10.3. The van der Waals surface area contributed by atoms with Gasteiger partial charge in [-0.15, -0.1) is 0 Å². The SMILES string of the molecule is O=c1[nH]ncc(NCC2COCCO2)c1Cl. The molecular weight excluding hydrogens is 234 g/mol. The number of hydrogen-bond acceptors (Lipinski definition) is 5. The molecule has 2 N–H and O–H groups in total. The lowest BCUT2D eigenvalue weighted by Crippen LogP contribution is -2.34. The number of rotatable bonds is 3. The van der Waals surface area contributed by atoms with Crippen LogP contribution in [0.15, 0.2) is 11.0 Å². The van der Waals surface area contributed by atoms with Gasteiger partial charge in [0.1, 0.15) is 5.02 Å². The van der Waals surface area contributed by atoms with E-state index in [4.69, 9.17) is 21.1 Å². The summed E-state index contributed by atoms with van der Waals surface area (Å²) >= 11 is 5.79. The van der Waals surface area contributed by atoms with E-state index in [0.29, 0.717) is 32.1 Å². The van der Waals surface area contributed by atoms with Crippen molar-refractivity contribution in [1.29, 1.82) is 0 Å². The molecule has 2 heterocycles. The zero-order valence-corrected chi connectivity index (χ0v) is 9.29. The van der Waals surface area contributed by atoms with E-state index >= 15 is 0 Å². The zero-order valence-electron chi connectivity index (χ0n) is 8.53. The number of halogens is 1. The van der Waals surface area contributed by atoms with Crippen molar-refractivity contribution in [2.75, 3.05) is 31.7 Å². The van der Waals surface area contributed by atoms with Crippen LogP contribution in [0.5, 0.6) is 0 Å². The Labute approximate surface area is 96.9 Å². The topological polar surface area (TPSA) is 76.2 Å². The molecule has 0 aliphatic carbocycles. The summed E-state index contributed by atoms with van der Waals surface area (Å²) in [6, 6.07) is 0. The van der Waals surface area contributed by atoms with Crippen LogP contribution in [0, 0.1) is 0 Å². The molecule has 0 amide bonds. The second-order valence-electron chi connectivity index (χ2n) is 3.38. The Balaban J connectivity index is 1.93. The van der Waals surface area contributed by atoms with Gasteiger partial charge in [-0.25, -0.2) is 5.10 Å². The fourth-order valence-electron chi connectivity index (χ4n) is 1.39. The van der Waals surface area contributed by atoms with Crippen LogP contribution in [0.3, 0.4) is 0 Å². The summed E-state index contributed by atoms with van der Waals surface area (Å²) in [7, 11) is 0. The van der Waals surface area contributed by atoms with Crippen LogP contribution in [0.25, 0.3) is 0 Å². The van der Waals surface area contributed by atoms with Crippen molar-refractivity contribution in [2.45, 2.75) is 6.10 Å². The predicted octanol–water partition coefficient (Wildman–Crippen LogP) is 0.251. The van der Waals surface area contributed by atoms with Crippen molar-refractivity contribution in [3.8, 4) is 0 Å². The Morgan fingerprint density at radius 3 is 3.25 bits per heavy atom. The van der Waals surface area contributed by atoms with Gasteiger partial charge in [-0.2, -0.15) is 5.10 Å². The van der Waals surface area contributed by atoms with E-state index < -0.39 is 5.56 Å². The van der Waals surface area contributed by atoms with Gasteiger partial charge in [0.05, 0.1) is 37.8 Å². The summed E-state index contributed by atoms with van der Waals surface area (Å²) in [6.07, 6.45) is 1.44. The largest absolute Gasteiger partial charge is 0.380 e. The Kier molecular flexibility index (Phi) is 3.76. The van der Waals surface area contributed by atoms with E-state index in [0.717, 1.165) is 0 Å². The molecule has 2 rings (SSSR count). The molecule has 88 valence electrons. The highest BCUT2D eigenvalue weighted by Crippen LogP contribution is 2.14. The van der Waals surface area contributed by atoms with E-state index in [1.165, 1.54) is 6.20 Å². The molecule has 1 atom stereocenters. The first-order valence-electron chi connectivity index (χ1n) is 4.94. The van der Waals surface area contributed by atoms with Crippen molar-refractivity contribution in [2.24, 2.45) is 0 Å². The average molecular weight is 246 g/mol. The maximum absolute atomic E-state index is 11.1. The number of aromatic nitrogens is 2. The molecule has 0 aromatic carbocycles. The van der Waals surface area contributed by atoms with Gasteiger partial charge in [0, 0.05) is 6.54 Å². The maximum Gasteiger partial charge on any atom is 0.285 e. The highest BCUT2D eigenvalue weighted by Gasteiger charge is 2.14. The van der Waals surface area contributed by atoms with E-state index in [9.17, 15) is 4.79 Å². The quantitative estimate of drug-likeness (QED) is 0.799. The molecule has 1 unspecified atom stereocenters. The van der Waals surface area contributed by atoms with Crippen molar-refractivity contribution < 1.29 is 9.47 Å². The van der Waals surface area contributed by atoms with Gasteiger partial charge >= 0.3 is 0 Å². The monoisotopic (exact) mass is 245 g/mol. The van der Waals surface area contributed by atoms with Crippen LogP contribution < -0.4 is 10.9 Å². The first-order valence-corrected chi connectivity index (χ1v) is 5.31. The van der Waals surface area contributed by atoms with Crippen LogP contribution in [-0.4, -0.2) is 42.7 Å². The fourth-order valence-corrected chi connectivity index (χ4v) is 1.54. The molecule has 1 aromatic rings. The number of ether oxygens (including phenoxy) is 2. The predicted molar refractivity (Wildman–Crippen MR) is 58.9 cm³/mol. The maximum atomic E-state index is 11.1. The first kappa shape index (κ1) is 11.4. The molecular formula is C9H12ClN3O3. The highest BCUT2D eigenvalue weighted by molar-refractivity contribution is 6.32. The Bertz CT molecular complexity index is 403. The highest BCUT2D eigenvalue weighted by atomic mass is 35.5. The third kappa shape index (κ3) is 2.72. The van der Waals surface area contributed by atoms with Gasteiger partial charge in [-0.05, 0) is 0 Å². The Morgan fingerprint density at radius 1 is 1.62 bits per heavy atom. The van der Waals surface area contributed by atoms with Gasteiger partial charge in [-0.1, -0.05) is 11.6 Å². The first-order chi connectivity index (χ1) is 7.77. The van der Waals surface area contributed by atoms with Crippen LogP contribution >= 0.6 is 11.6 Å². The lowest BCUT2D eigenvalue weighted by Gasteiger charge is -2.23. The summed E-state index contributed by atoms with van der Waals surface area (Å²) in [5.74, 6) is 0. The van der Waals surface area contributed by atoms with Crippen LogP contribution in [-0.2, 0) is 9.47 Å². The minimum absolute atomic E-state index is 0.0240. The van der Waals surface area contributed by atoms with Gasteiger partial charge in [-0.3, -0.25) is 4.79 Å². The Morgan fingerprint density at radius 2 is 2.50 bits per heavy atom. The van der Waals surface area contributed by atoms with Crippen molar-refractivity contribution in [3.05, 3.63) is 21.6 Å². The summed E-state index contributed by atoms with van der Waals surface area (Å²) < 4.78 is 10.7. The van der Waals surface area contributed by atoms with Gasteiger partial charge in [0.15, 0.2) is 0 Å². The minimum Gasteiger partial charge on any atom is -0.380 e. The summed E-state index contributed by atoms with van der Waals surface area (Å²) in [5, 5.41) is 9.00. The molecule has 0 saturated carbocycles. The molecule has 0 radical (unpaired) electrons. The smallest absolute Gasteiger partial charge is 0.285 e.